The minimum absolute atomic E-state index is 0.0306. The van der Waals surface area contributed by atoms with E-state index in [1.165, 1.54) is 19.2 Å². The summed E-state index contributed by atoms with van der Waals surface area (Å²) in [5, 5.41) is 8.60. The number of aliphatic carboxylic acids is 1. The number of methoxy groups -OCH3 is 1. The molecule has 1 aromatic rings. The first kappa shape index (κ1) is 14.8. The average Bonchev–Trinajstić information content (AvgIpc) is 2.36. The van der Waals surface area contributed by atoms with Crippen LogP contribution in [0.4, 0.5) is 0 Å². The lowest BCUT2D eigenvalue weighted by Crippen LogP contribution is -2.15. The highest BCUT2D eigenvalue weighted by Gasteiger charge is 2.12. The van der Waals surface area contributed by atoms with Crippen molar-refractivity contribution < 1.29 is 24.2 Å². The Morgan fingerprint density at radius 1 is 1.37 bits per heavy atom. The summed E-state index contributed by atoms with van der Waals surface area (Å²) in [5.74, 6) is -0.584. The number of hydrogen-bond donors (Lipinski definition) is 2. The lowest BCUT2D eigenvalue weighted by molar-refractivity contribution is -0.137. The van der Waals surface area contributed by atoms with E-state index in [0.717, 1.165) is 0 Å². The second kappa shape index (κ2) is 6.63. The van der Waals surface area contributed by atoms with Gasteiger partial charge in [0, 0.05) is 12.0 Å². The smallest absolute Gasteiger partial charge is 0.303 e. The van der Waals surface area contributed by atoms with Crippen LogP contribution >= 0.6 is 0 Å². The third kappa shape index (κ3) is 4.50. The molecule has 1 aromatic carbocycles. The number of carboxylic acids is 1. The standard InChI is InChI=1S/C13H17NO5/c1-8(3-6-12(15)16)19-10-5-4-9(13(14)17)7-11(10)18-2/h4-5,7-8H,3,6H2,1-2H3,(H2,14,17)(H,15,16). The molecule has 104 valence electrons. The summed E-state index contributed by atoms with van der Waals surface area (Å²) in [5.41, 5.74) is 5.49. The molecular weight excluding hydrogens is 250 g/mol. The Hall–Kier alpha value is -2.24. The van der Waals surface area contributed by atoms with E-state index in [-0.39, 0.29) is 12.5 Å². The molecule has 0 heterocycles. The molecule has 0 saturated carbocycles. The van der Waals surface area contributed by atoms with Crippen LogP contribution in [0, 0.1) is 0 Å². The van der Waals surface area contributed by atoms with Crippen molar-refractivity contribution in [1.29, 1.82) is 0 Å². The second-order valence-electron chi connectivity index (χ2n) is 4.09. The maximum Gasteiger partial charge on any atom is 0.303 e. The van der Waals surface area contributed by atoms with Crippen molar-refractivity contribution >= 4 is 11.9 Å². The van der Waals surface area contributed by atoms with Crippen LogP contribution in [0.3, 0.4) is 0 Å². The van der Waals surface area contributed by atoms with Crippen LogP contribution in [0.15, 0.2) is 18.2 Å². The van der Waals surface area contributed by atoms with E-state index in [1.807, 2.05) is 0 Å². The lowest BCUT2D eigenvalue weighted by atomic mass is 10.2. The van der Waals surface area contributed by atoms with Crippen molar-refractivity contribution in [3.8, 4) is 11.5 Å². The normalized spacial score (nSPS) is 11.7. The fourth-order valence-corrected chi connectivity index (χ4v) is 1.52. The van der Waals surface area contributed by atoms with Crippen LogP contribution in [0.5, 0.6) is 11.5 Å². The molecule has 1 amide bonds. The Morgan fingerprint density at radius 2 is 2.05 bits per heavy atom. The zero-order chi connectivity index (χ0) is 14.4. The van der Waals surface area contributed by atoms with Crippen LogP contribution in [0.25, 0.3) is 0 Å². The summed E-state index contributed by atoms with van der Waals surface area (Å²) >= 11 is 0. The summed E-state index contributed by atoms with van der Waals surface area (Å²) in [6.07, 6.45) is 0.142. The van der Waals surface area contributed by atoms with E-state index in [0.29, 0.717) is 23.5 Å². The third-order valence-electron chi connectivity index (χ3n) is 2.54. The minimum Gasteiger partial charge on any atom is -0.493 e. The van der Waals surface area contributed by atoms with Crippen molar-refractivity contribution in [1.82, 2.24) is 0 Å². The maximum absolute atomic E-state index is 11.0. The van der Waals surface area contributed by atoms with Gasteiger partial charge < -0.3 is 20.3 Å². The Kier molecular flexibility index (Phi) is 5.17. The molecule has 0 aliphatic carbocycles. The average molecular weight is 267 g/mol. The molecule has 0 saturated heterocycles. The predicted molar refractivity (Wildman–Crippen MR) is 68.5 cm³/mol. The third-order valence-corrected chi connectivity index (χ3v) is 2.54. The largest absolute Gasteiger partial charge is 0.493 e. The van der Waals surface area contributed by atoms with E-state index in [2.05, 4.69) is 0 Å². The molecule has 0 spiro atoms. The molecule has 0 radical (unpaired) electrons. The van der Waals surface area contributed by atoms with Gasteiger partial charge in [-0.25, -0.2) is 0 Å². The van der Waals surface area contributed by atoms with Crippen molar-refractivity contribution in [2.45, 2.75) is 25.9 Å². The van der Waals surface area contributed by atoms with Crippen LogP contribution in [0.2, 0.25) is 0 Å². The predicted octanol–water partition coefficient (Wildman–Crippen LogP) is 1.43. The molecule has 0 bridgehead atoms. The molecule has 1 rings (SSSR count). The van der Waals surface area contributed by atoms with Crippen LogP contribution < -0.4 is 15.2 Å². The number of benzene rings is 1. The van der Waals surface area contributed by atoms with Gasteiger partial charge >= 0.3 is 5.97 Å². The van der Waals surface area contributed by atoms with Crippen LogP contribution in [-0.2, 0) is 4.79 Å². The summed E-state index contributed by atoms with van der Waals surface area (Å²) in [4.78, 5) is 21.5. The van der Waals surface area contributed by atoms with Gasteiger partial charge in [-0.2, -0.15) is 0 Å². The van der Waals surface area contributed by atoms with E-state index >= 15 is 0 Å². The Labute approximate surface area is 111 Å². The van der Waals surface area contributed by atoms with E-state index < -0.39 is 11.9 Å². The van der Waals surface area contributed by atoms with Crippen LogP contribution in [0.1, 0.15) is 30.1 Å². The van der Waals surface area contributed by atoms with Crippen molar-refractivity contribution in [2.75, 3.05) is 7.11 Å². The molecule has 1 atom stereocenters. The number of primary amides is 1. The minimum atomic E-state index is -0.869. The number of rotatable bonds is 7. The Morgan fingerprint density at radius 3 is 2.58 bits per heavy atom. The number of hydrogen-bond acceptors (Lipinski definition) is 4. The summed E-state index contributed by atoms with van der Waals surface area (Å²) < 4.78 is 10.7. The zero-order valence-corrected chi connectivity index (χ0v) is 10.9. The van der Waals surface area contributed by atoms with Gasteiger partial charge in [0.25, 0.3) is 0 Å². The second-order valence-corrected chi connectivity index (χ2v) is 4.09. The maximum atomic E-state index is 11.0. The van der Waals surface area contributed by atoms with E-state index in [9.17, 15) is 9.59 Å². The molecule has 6 heteroatoms. The van der Waals surface area contributed by atoms with Gasteiger partial charge in [-0.3, -0.25) is 9.59 Å². The molecule has 1 unspecified atom stereocenters. The summed E-state index contributed by atoms with van der Waals surface area (Å²) in [7, 11) is 1.45. The monoisotopic (exact) mass is 267 g/mol. The van der Waals surface area contributed by atoms with Gasteiger partial charge in [-0.1, -0.05) is 0 Å². The van der Waals surface area contributed by atoms with Gasteiger partial charge in [0.1, 0.15) is 0 Å². The highest BCUT2D eigenvalue weighted by molar-refractivity contribution is 5.93. The number of ether oxygens (including phenoxy) is 2. The van der Waals surface area contributed by atoms with Crippen molar-refractivity contribution in [2.24, 2.45) is 5.73 Å². The fourth-order valence-electron chi connectivity index (χ4n) is 1.52. The first-order valence-electron chi connectivity index (χ1n) is 5.80. The number of nitrogens with two attached hydrogens (primary N) is 1. The molecule has 0 aromatic heterocycles. The molecule has 6 nitrogen and oxygen atoms in total. The zero-order valence-electron chi connectivity index (χ0n) is 10.9. The molecule has 19 heavy (non-hydrogen) atoms. The summed E-state index contributed by atoms with van der Waals surface area (Å²) in [6.45, 7) is 1.77. The van der Waals surface area contributed by atoms with Crippen LogP contribution in [-0.4, -0.2) is 30.2 Å². The lowest BCUT2D eigenvalue weighted by Gasteiger charge is -2.16. The topological polar surface area (TPSA) is 98.9 Å². The Bertz CT molecular complexity index is 472. The molecular formula is C13H17NO5. The fraction of sp³-hybridized carbons (Fsp3) is 0.385. The number of carboxylic acid groups (broad SMARTS) is 1. The number of carbonyl (C=O) groups excluding carboxylic acids is 1. The molecule has 0 fully saturated rings. The summed E-state index contributed by atoms with van der Waals surface area (Å²) in [6, 6.07) is 4.60. The number of carbonyl (C=O) groups is 2. The van der Waals surface area contributed by atoms with E-state index in [4.69, 9.17) is 20.3 Å². The van der Waals surface area contributed by atoms with Gasteiger partial charge in [0.2, 0.25) is 5.91 Å². The van der Waals surface area contributed by atoms with E-state index in [1.54, 1.807) is 13.0 Å². The van der Waals surface area contributed by atoms with Crippen molar-refractivity contribution in [3.63, 3.8) is 0 Å². The SMILES string of the molecule is COc1cc(C(N)=O)ccc1OC(C)CCC(=O)O. The van der Waals surface area contributed by atoms with Crippen molar-refractivity contribution in [3.05, 3.63) is 23.8 Å². The molecule has 0 aliphatic heterocycles. The first-order chi connectivity index (χ1) is 8.93. The highest BCUT2D eigenvalue weighted by atomic mass is 16.5. The Balaban J connectivity index is 2.77. The number of amides is 1. The van der Waals surface area contributed by atoms with Gasteiger partial charge in [-0.05, 0) is 31.5 Å². The molecule has 3 N–H and O–H groups in total. The first-order valence-corrected chi connectivity index (χ1v) is 5.80. The van der Waals surface area contributed by atoms with Gasteiger partial charge in [-0.15, -0.1) is 0 Å². The quantitative estimate of drug-likeness (QED) is 0.778. The van der Waals surface area contributed by atoms with Gasteiger partial charge in [0.15, 0.2) is 11.5 Å². The molecule has 0 aliphatic rings. The van der Waals surface area contributed by atoms with Gasteiger partial charge in [0.05, 0.1) is 13.2 Å². The highest BCUT2D eigenvalue weighted by Crippen LogP contribution is 2.29.